The van der Waals surface area contributed by atoms with Crippen LogP contribution in [0.1, 0.15) is 31.9 Å². The zero-order chi connectivity index (χ0) is 15.0. The van der Waals surface area contributed by atoms with Crippen LogP contribution in [0.4, 0.5) is 0 Å². The van der Waals surface area contributed by atoms with Crippen LogP contribution >= 0.6 is 0 Å². The van der Waals surface area contributed by atoms with Crippen molar-refractivity contribution in [1.82, 2.24) is 5.32 Å². The maximum Gasteiger partial charge on any atom is 0.327 e. The summed E-state index contributed by atoms with van der Waals surface area (Å²) in [4.78, 5) is 12.0. The number of hydrogen-bond acceptors (Lipinski definition) is 4. The fourth-order valence-corrected chi connectivity index (χ4v) is 2.26. The van der Waals surface area contributed by atoms with Gasteiger partial charge in [-0.1, -0.05) is 37.3 Å². The summed E-state index contributed by atoms with van der Waals surface area (Å²) in [5.74, 6) is -0.274. The third kappa shape index (κ3) is 5.43. The van der Waals surface area contributed by atoms with E-state index >= 15 is 0 Å². The summed E-state index contributed by atoms with van der Waals surface area (Å²) in [5, 5.41) is 3.31. The Balaban J connectivity index is 2.65. The Morgan fingerprint density at radius 1 is 1.35 bits per heavy atom. The third-order valence-corrected chi connectivity index (χ3v) is 4.49. The Morgan fingerprint density at radius 2 is 2.00 bits per heavy atom. The normalized spacial score (nSPS) is 15.3. The van der Waals surface area contributed by atoms with Gasteiger partial charge in [0, 0.05) is 22.3 Å². The molecule has 0 heterocycles. The van der Waals surface area contributed by atoms with Crippen molar-refractivity contribution in [2.24, 2.45) is 0 Å². The molecule has 0 aliphatic rings. The van der Waals surface area contributed by atoms with Crippen molar-refractivity contribution in [3.05, 3.63) is 35.9 Å². The molecule has 0 aliphatic carbocycles. The van der Waals surface area contributed by atoms with Crippen LogP contribution in [0.2, 0.25) is 0 Å². The van der Waals surface area contributed by atoms with Crippen molar-refractivity contribution >= 4 is 16.8 Å². The van der Waals surface area contributed by atoms with E-state index in [0.29, 0.717) is 13.2 Å². The molecule has 0 spiro atoms. The smallest absolute Gasteiger partial charge is 0.327 e. The lowest BCUT2D eigenvalue weighted by atomic mass is 10.1. The first-order valence-electron chi connectivity index (χ1n) is 6.83. The molecule has 1 aromatic carbocycles. The van der Waals surface area contributed by atoms with Crippen molar-refractivity contribution in [2.75, 3.05) is 19.4 Å². The molecule has 0 amide bonds. The fraction of sp³-hybridized carbons (Fsp3) is 0.533. The van der Waals surface area contributed by atoms with Crippen molar-refractivity contribution in [3.63, 3.8) is 0 Å². The van der Waals surface area contributed by atoms with Gasteiger partial charge in [0.15, 0.2) is 0 Å². The standard InChI is InChI=1S/C15H23NO3S/c1-4-19-15(17)14(13-8-6-5-7-9-13)16-11-10-12(2)20(3)18/h5-9,12,14,16H,4,10-11H2,1-3H3. The molecule has 1 rings (SSSR count). The van der Waals surface area contributed by atoms with Crippen LogP contribution in [-0.2, 0) is 20.3 Å². The van der Waals surface area contributed by atoms with E-state index in [-0.39, 0.29) is 11.2 Å². The summed E-state index contributed by atoms with van der Waals surface area (Å²) in [7, 11) is -0.840. The maximum absolute atomic E-state index is 12.0. The Morgan fingerprint density at radius 3 is 2.55 bits per heavy atom. The first-order chi connectivity index (χ1) is 9.56. The quantitative estimate of drug-likeness (QED) is 0.746. The van der Waals surface area contributed by atoms with Crippen LogP contribution in [0.25, 0.3) is 0 Å². The zero-order valence-corrected chi connectivity index (χ0v) is 13.1. The van der Waals surface area contributed by atoms with Crippen LogP contribution in [0, 0.1) is 0 Å². The minimum Gasteiger partial charge on any atom is -0.465 e. The van der Waals surface area contributed by atoms with Crippen molar-refractivity contribution in [2.45, 2.75) is 31.6 Å². The molecule has 0 saturated carbocycles. The molecule has 0 bridgehead atoms. The Bertz CT molecular complexity index is 436. The highest BCUT2D eigenvalue weighted by Crippen LogP contribution is 2.14. The molecule has 112 valence electrons. The van der Waals surface area contributed by atoms with E-state index in [9.17, 15) is 9.00 Å². The van der Waals surface area contributed by atoms with Gasteiger partial charge in [0.25, 0.3) is 0 Å². The highest BCUT2D eigenvalue weighted by atomic mass is 32.2. The second-order valence-corrected chi connectivity index (χ2v) is 6.45. The number of rotatable bonds is 8. The Hall–Kier alpha value is -1.20. The lowest BCUT2D eigenvalue weighted by Crippen LogP contribution is -2.32. The minimum absolute atomic E-state index is 0.112. The fourth-order valence-electron chi connectivity index (χ4n) is 1.81. The van der Waals surface area contributed by atoms with E-state index in [0.717, 1.165) is 12.0 Å². The summed E-state index contributed by atoms with van der Waals surface area (Å²) < 4.78 is 16.4. The molecule has 1 aromatic rings. The monoisotopic (exact) mass is 297 g/mol. The predicted molar refractivity (Wildman–Crippen MR) is 82.0 cm³/mol. The van der Waals surface area contributed by atoms with Gasteiger partial charge in [0.2, 0.25) is 0 Å². The number of hydrogen-bond donors (Lipinski definition) is 1. The van der Waals surface area contributed by atoms with Gasteiger partial charge in [-0.15, -0.1) is 0 Å². The third-order valence-electron chi connectivity index (χ3n) is 3.12. The van der Waals surface area contributed by atoms with Gasteiger partial charge in [-0.2, -0.15) is 0 Å². The molecule has 5 heteroatoms. The van der Waals surface area contributed by atoms with Crippen LogP contribution < -0.4 is 5.32 Å². The Kier molecular flexibility index (Phi) is 7.47. The minimum atomic E-state index is -0.840. The number of esters is 1. The van der Waals surface area contributed by atoms with E-state index in [2.05, 4.69) is 5.32 Å². The van der Waals surface area contributed by atoms with E-state index in [1.807, 2.05) is 37.3 Å². The van der Waals surface area contributed by atoms with Gasteiger partial charge in [-0.25, -0.2) is 4.79 Å². The van der Waals surface area contributed by atoms with Crippen LogP contribution in [-0.4, -0.2) is 34.8 Å². The molecule has 0 aliphatic heterocycles. The molecular weight excluding hydrogens is 274 g/mol. The molecule has 0 aromatic heterocycles. The molecule has 3 atom stereocenters. The summed E-state index contributed by atoms with van der Waals surface area (Å²) >= 11 is 0. The number of carbonyl (C=O) groups is 1. The topological polar surface area (TPSA) is 55.4 Å². The first-order valence-corrected chi connectivity index (χ1v) is 8.45. The van der Waals surface area contributed by atoms with Gasteiger partial charge in [0.05, 0.1) is 6.61 Å². The van der Waals surface area contributed by atoms with Crippen molar-refractivity contribution < 1.29 is 13.7 Å². The highest BCUT2D eigenvalue weighted by Gasteiger charge is 2.21. The van der Waals surface area contributed by atoms with Gasteiger partial charge < -0.3 is 10.1 Å². The molecule has 0 radical (unpaired) electrons. The van der Waals surface area contributed by atoms with Gasteiger partial charge in [-0.3, -0.25) is 4.21 Å². The SMILES string of the molecule is CCOC(=O)C(NCCC(C)S(C)=O)c1ccccc1. The lowest BCUT2D eigenvalue weighted by molar-refractivity contribution is -0.145. The molecule has 4 nitrogen and oxygen atoms in total. The van der Waals surface area contributed by atoms with E-state index < -0.39 is 16.8 Å². The van der Waals surface area contributed by atoms with Gasteiger partial charge in [-0.05, 0) is 25.5 Å². The number of nitrogens with one attached hydrogen (secondary N) is 1. The molecule has 3 unspecified atom stereocenters. The van der Waals surface area contributed by atoms with Crippen LogP contribution in [0.3, 0.4) is 0 Å². The average Bonchev–Trinajstić information content (AvgIpc) is 2.44. The van der Waals surface area contributed by atoms with Gasteiger partial charge >= 0.3 is 5.97 Å². The van der Waals surface area contributed by atoms with Crippen LogP contribution in [0.15, 0.2) is 30.3 Å². The number of benzene rings is 1. The van der Waals surface area contributed by atoms with Crippen LogP contribution in [0.5, 0.6) is 0 Å². The molecule has 0 saturated heterocycles. The van der Waals surface area contributed by atoms with Crippen molar-refractivity contribution in [1.29, 1.82) is 0 Å². The maximum atomic E-state index is 12.0. The largest absolute Gasteiger partial charge is 0.465 e. The summed E-state index contributed by atoms with van der Waals surface area (Å²) in [5.41, 5.74) is 0.885. The van der Waals surface area contributed by atoms with Crippen molar-refractivity contribution in [3.8, 4) is 0 Å². The predicted octanol–water partition coefficient (Wildman–Crippen LogP) is 2.04. The summed E-state index contributed by atoms with van der Waals surface area (Å²) in [6, 6.07) is 9.04. The second kappa shape index (κ2) is 8.87. The van der Waals surface area contributed by atoms with Gasteiger partial charge in [0.1, 0.15) is 6.04 Å². The molecule has 1 N–H and O–H groups in total. The summed E-state index contributed by atoms with van der Waals surface area (Å²) in [6.45, 7) is 4.72. The average molecular weight is 297 g/mol. The summed E-state index contributed by atoms with van der Waals surface area (Å²) in [6.07, 6.45) is 2.45. The van der Waals surface area contributed by atoms with E-state index in [1.165, 1.54) is 0 Å². The molecule has 0 fully saturated rings. The number of carbonyl (C=O) groups excluding carboxylic acids is 1. The van der Waals surface area contributed by atoms with E-state index in [4.69, 9.17) is 4.74 Å². The first kappa shape index (κ1) is 16.9. The lowest BCUT2D eigenvalue weighted by Gasteiger charge is -2.18. The molecular formula is C15H23NO3S. The van der Waals surface area contributed by atoms with E-state index in [1.54, 1.807) is 13.2 Å². The zero-order valence-electron chi connectivity index (χ0n) is 12.3. The number of ether oxygens (including phenoxy) is 1. The second-order valence-electron chi connectivity index (χ2n) is 4.65. The molecule has 20 heavy (non-hydrogen) atoms. The highest BCUT2D eigenvalue weighted by molar-refractivity contribution is 7.84. The Labute approximate surface area is 123 Å².